The van der Waals surface area contributed by atoms with Crippen LogP contribution in [0.3, 0.4) is 0 Å². The molecule has 1 heterocycles. The van der Waals surface area contributed by atoms with Crippen molar-refractivity contribution in [3.63, 3.8) is 0 Å². The van der Waals surface area contributed by atoms with Gasteiger partial charge >= 0.3 is 0 Å². The Kier molecular flexibility index (Phi) is 3.31. The first-order valence-electron chi connectivity index (χ1n) is 6.39. The van der Waals surface area contributed by atoms with E-state index < -0.39 is 10.0 Å². The van der Waals surface area contributed by atoms with E-state index in [-0.39, 0.29) is 16.1 Å². The van der Waals surface area contributed by atoms with Crippen molar-refractivity contribution in [1.29, 1.82) is 5.26 Å². The van der Waals surface area contributed by atoms with Crippen molar-refractivity contribution >= 4 is 26.8 Å². The Morgan fingerprint density at radius 1 is 1.23 bits per heavy atom. The van der Waals surface area contributed by atoms with Gasteiger partial charge in [-0.05, 0) is 30.3 Å². The maximum absolute atomic E-state index is 12.4. The minimum atomic E-state index is -3.81. The van der Waals surface area contributed by atoms with Crippen LogP contribution in [-0.4, -0.2) is 13.4 Å². The van der Waals surface area contributed by atoms with Crippen LogP contribution in [0.25, 0.3) is 11.1 Å². The number of fused-ring (bicyclic) bond motifs is 1. The van der Waals surface area contributed by atoms with Gasteiger partial charge in [0.2, 0.25) is 0 Å². The third kappa shape index (κ3) is 2.52. The summed E-state index contributed by atoms with van der Waals surface area (Å²) >= 11 is 0. The molecule has 0 atom stereocenters. The number of anilines is 1. The molecule has 0 saturated carbocycles. The second-order valence-corrected chi connectivity index (χ2v) is 6.31. The average molecular weight is 313 g/mol. The predicted octanol–water partition coefficient (Wildman–Crippen LogP) is 2.81. The highest BCUT2D eigenvalue weighted by atomic mass is 32.2. The van der Waals surface area contributed by atoms with E-state index in [1.165, 1.54) is 18.2 Å². The quantitative estimate of drug-likeness (QED) is 0.802. The first-order valence-corrected chi connectivity index (χ1v) is 7.87. The summed E-state index contributed by atoms with van der Waals surface area (Å²) in [5, 5.41) is 9.02. The molecular formula is C15H11N3O3S. The third-order valence-electron chi connectivity index (χ3n) is 3.07. The smallest absolute Gasteiger partial charge is 0.262 e. The van der Waals surface area contributed by atoms with E-state index in [1.807, 2.05) is 6.07 Å². The number of hydrogen-bond acceptors (Lipinski definition) is 5. The van der Waals surface area contributed by atoms with E-state index in [1.54, 1.807) is 31.2 Å². The highest BCUT2D eigenvalue weighted by Gasteiger charge is 2.17. The molecule has 0 bridgehead atoms. The van der Waals surface area contributed by atoms with Gasteiger partial charge in [-0.15, -0.1) is 0 Å². The zero-order chi connectivity index (χ0) is 15.7. The molecule has 0 radical (unpaired) electrons. The van der Waals surface area contributed by atoms with Gasteiger partial charge in [-0.3, -0.25) is 4.72 Å². The standard InChI is InChI=1S/C15H11N3O3S/c1-10-17-14-8-12(6-7-15(14)21-10)22(19,20)18-13-5-3-2-4-11(13)9-16/h2-8,18H,1H3. The van der Waals surface area contributed by atoms with Gasteiger partial charge in [0, 0.05) is 6.92 Å². The summed E-state index contributed by atoms with van der Waals surface area (Å²) < 4.78 is 32.6. The Morgan fingerprint density at radius 3 is 2.77 bits per heavy atom. The fraction of sp³-hybridized carbons (Fsp3) is 0.0667. The van der Waals surface area contributed by atoms with E-state index in [4.69, 9.17) is 9.68 Å². The molecule has 0 amide bonds. The van der Waals surface area contributed by atoms with E-state index in [0.29, 0.717) is 17.0 Å². The van der Waals surface area contributed by atoms with E-state index in [2.05, 4.69) is 9.71 Å². The van der Waals surface area contributed by atoms with Crippen LogP contribution >= 0.6 is 0 Å². The lowest BCUT2D eigenvalue weighted by atomic mass is 10.2. The Balaban J connectivity index is 2.02. The number of oxazole rings is 1. The largest absolute Gasteiger partial charge is 0.441 e. The van der Waals surface area contributed by atoms with Gasteiger partial charge in [0.1, 0.15) is 11.6 Å². The van der Waals surface area contributed by atoms with Crippen LogP contribution in [0.2, 0.25) is 0 Å². The highest BCUT2D eigenvalue weighted by molar-refractivity contribution is 7.92. The summed E-state index contributed by atoms with van der Waals surface area (Å²) in [6.45, 7) is 1.69. The monoisotopic (exact) mass is 313 g/mol. The Labute approximate surface area is 127 Å². The summed E-state index contributed by atoms with van der Waals surface area (Å²) in [6, 6.07) is 12.8. The normalized spacial score (nSPS) is 11.3. The maximum atomic E-state index is 12.4. The zero-order valence-electron chi connectivity index (χ0n) is 11.6. The SMILES string of the molecule is Cc1nc2cc(S(=O)(=O)Nc3ccccc3C#N)ccc2o1. The van der Waals surface area contributed by atoms with E-state index >= 15 is 0 Å². The van der Waals surface area contributed by atoms with Gasteiger partial charge in [-0.1, -0.05) is 12.1 Å². The first-order chi connectivity index (χ1) is 10.5. The van der Waals surface area contributed by atoms with Gasteiger partial charge in [-0.2, -0.15) is 5.26 Å². The van der Waals surface area contributed by atoms with Crippen molar-refractivity contribution in [2.45, 2.75) is 11.8 Å². The van der Waals surface area contributed by atoms with Crippen LogP contribution < -0.4 is 4.72 Å². The van der Waals surface area contributed by atoms with Crippen LogP contribution in [0.4, 0.5) is 5.69 Å². The molecule has 0 fully saturated rings. The number of para-hydroxylation sites is 1. The molecular weight excluding hydrogens is 302 g/mol. The van der Waals surface area contributed by atoms with Gasteiger partial charge < -0.3 is 4.42 Å². The Bertz CT molecular complexity index is 1000. The molecule has 0 aliphatic carbocycles. The minimum Gasteiger partial charge on any atom is -0.441 e. The fourth-order valence-electron chi connectivity index (χ4n) is 2.06. The summed E-state index contributed by atoms with van der Waals surface area (Å²) in [5.41, 5.74) is 1.48. The second kappa shape index (κ2) is 5.16. The molecule has 0 aliphatic rings. The fourth-order valence-corrected chi connectivity index (χ4v) is 3.16. The molecule has 22 heavy (non-hydrogen) atoms. The average Bonchev–Trinajstić information content (AvgIpc) is 2.86. The molecule has 0 saturated heterocycles. The lowest BCUT2D eigenvalue weighted by Crippen LogP contribution is -2.13. The number of benzene rings is 2. The maximum Gasteiger partial charge on any atom is 0.262 e. The first kappa shape index (κ1) is 14.1. The Hall–Kier alpha value is -2.85. The number of aromatic nitrogens is 1. The topological polar surface area (TPSA) is 96.0 Å². The number of nitriles is 1. The molecule has 0 unspecified atom stereocenters. The number of nitrogens with zero attached hydrogens (tertiary/aromatic N) is 2. The molecule has 110 valence electrons. The molecule has 1 N–H and O–H groups in total. The van der Waals surface area contributed by atoms with Gasteiger partial charge in [0.15, 0.2) is 11.5 Å². The van der Waals surface area contributed by atoms with Crippen LogP contribution in [0, 0.1) is 18.3 Å². The van der Waals surface area contributed by atoms with Gasteiger partial charge in [-0.25, -0.2) is 13.4 Å². The van der Waals surface area contributed by atoms with Crippen molar-refractivity contribution in [2.75, 3.05) is 4.72 Å². The number of rotatable bonds is 3. The molecule has 3 aromatic rings. The van der Waals surface area contributed by atoms with Crippen LogP contribution in [0.15, 0.2) is 51.8 Å². The lowest BCUT2D eigenvalue weighted by molar-refractivity contribution is 0.561. The van der Waals surface area contributed by atoms with Crippen molar-refractivity contribution in [1.82, 2.24) is 4.98 Å². The Morgan fingerprint density at radius 2 is 2.00 bits per heavy atom. The highest BCUT2D eigenvalue weighted by Crippen LogP contribution is 2.23. The van der Waals surface area contributed by atoms with Crippen LogP contribution in [0.5, 0.6) is 0 Å². The van der Waals surface area contributed by atoms with Gasteiger partial charge in [0.05, 0.1) is 16.1 Å². The predicted molar refractivity (Wildman–Crippen MR) is 80.7 cm³/mol. The molecule has 7 heteroatoms. The number of nitrogens with one attached hydrogen (secondary N) is 1. The van der Waals surface area contributed by atoms with Crippen molar-refractivity contribution in [2.24, 2.45) is 0 Å². The molecule has 1 aromatic heterocycles. The van der Waals surface area contributed by atoms with Crippen molar-refractivity contribution in [3.05, 3.63) is 53.9 Å². The molecule has 3 rings (SSSR count). The number of sulfonamides is 1. The number of aryl methyl sites for hydroxylation is 1. The summed E-state index contributed by atoms with van der Waals surface area (Å²) in [6.07, 6.45) is 0. The lowest BCUT2D eigenvalue weighted by Gasteiger charge is -2.09. The zero-order valence-corrected chi connectivity index (χ0v) is 12.4. The summed E-state index contributed by atoms with van der Waals surface area (Å²) in [7, 11) is -3.81. The minimum absolute atomic E-state index is 0.0565. The van der Waals surface area contributed by atoms with Crippen LogP contribution in [0.1, 0.15) is 11.5 Å². The van der Waals surface area contributed by atoms with Crippen molar-refractivity contribution < 1.29 is 12.8 Å². The second-order valence-electron chi connectivity index (χ2n) is 4.63. The number of hydrogen-bond donors (Lipinski definition) is 1. The molecule has 0 aliphatic heterocycles. The van der Waals surface area contributed by atoms with Crippen molar-refractivity contribution in [3.8, 4) is 6.07 Å². The van der Waals surface area contributed by atoms with E-state index in [9.17, 15) is 8.42 Å². The summed E-state index contributed by atoms with van der Waals surface area (Å²) in [5.74, 6) is 0.465. The summed E-state index contributed by atoms with van der Waals surface area (Å²) in [4.78, 5) is 4.17. The van der Waals surface area contributed by atoms with Crippen LogP contribution in [-0.2, 0) is 10.0 Å². The molecule has 6 nitrogen and oxygen atoms in total. The molecule has 2 aromatic carbocycles. The third-order valence-corrected chi connectivity index (χ3v) is 4.43. The molecule has 0 spiro atoms. The van der Waals surface area contributed by atoms with Gasteiger partial charge in [0.25, 0.3) is 10.0 Å². The van der Waals surface area contributed by atoms with E-state index in [0.717, 1.165) is 0 Å².